The van der Waals surface area contributed by atoms with Crippen LogP contribution in [0.1, 0.15) is 78.0 Å². The Morgan fingerprint density at radius 1 is 1.15 bits per heavy atom. The molecular weight excluding hydrogens is 526 g/mol. The van der Waals surface area contributed by atoms with E-state index in [4.69, 9.17) is 9.47 Å². The molecule has 0 radical (unpaired) electrons. The molecule has 0 aromatic heterocycles. The number of aromatic hydroxyl groups is 1. The number of phenols is 1. The van der Waals surface area contributed by atoms with Gasteiger partial charge in [0.1, 0.15) is 17.5 Å². The smallest absolute Gasteiger partial charge is 0.328 e. The Hall–Kier alpha value is -3.82. The number of esters is 1. The van der Waals surface area contributed by atoms with Crippen LogP contribution in [-0.2, 0) is 31.6 Å². The lowest BCUT2D eigenvalue weighted by Crippen LogP contribution is -2.40. The van der Waals surface area contributed by atoms with Gasteiger partial charge in [0.15, 0.2) is 6.61 Å². The summed E-state index contributed by atoms with van der Waals surface area (Å²) >= 11 is 0. The number of nitrogens with zero attached hydrogens (tertiary/aromatic N) is 2. The first-order valence-corrected chi connectivity index (χ1v) is 14.1. The highest BCUT2D eigenvalue weighted by Crippen LogP contribution is 2.41. The predicted molar refractivity (Wildman–Crippen MR) is 158 cm³/mol. The van der Waals surface area contributed by atoms with Crippen molar-refractivity contribution in [2.45, 2.75) is 84.6 Å². The molecule has 41 heavy (non-hydrogen) atoms. The number of cyclic esters (lactones) is 1. The van der Waals surface area contributed by atoms with E-state index < -0.39 is 12.0 Å². The molecule has 2 aliphatic rings. The largest absolute Gasteiger partial charge is 0.507 e. The number of anilines is 1. The van der Waals surface area contributed by atoms with Crippen LogP contribution in [0.2, 0.25) is 0 Å². The van der Waals surface area contributed by atoms with E-state index >= 15 is 0 Å². The standard InChI is InChI=1S/C20H29NO5.C11H14N2O2/c1-19(2,3)13-9-12(10-14(17(13)23)20(4,5)6)26-11-16(22)21-15-7-8-25-18(15)24;1-2-6-12-7-5-9-8-10(13(14)15)3-4-11(9)12/h9-10,15,23H,7-8,11H2,1-6H3,(H,21,22);3-4,8H,2,5-7H2,1H3/t15-;/m0./s1. The Bertz CT molecular complexity index is 1240. The maximum atomic E-state index is 12.1. The number of benzene rings is 2. The number of hydrogen-bond acceptors (Lipinski definition) is 8. The SMILES string of the molecule is CC(C)(C)c1cc(OCC(=O)N[C@H]2CCOC2=O)cc(C(C)(C)C)c1O.CCCN1CCc2cc([N+](=O)[O-])ccc21. The normalized spacial score (nSPS) is 16.4. The molecule has 10 nitrogen and oxygen atoms in total. The molecule has 1 amide bonds. The van der Waals surface area contributed by atoms with Gasteiger partial charge in [-0.2, -0.15) is 0 Å². The van der Waals surface area contributed by atoms with Crippen LogP contribution in [0.3, 0.4) is 0 Å². The number of nitro groups is 1. The van der Waals surface area contributed by atoms with Gasteiger partial charge in [-0.25, -0.2) is 4.79 Å². The lowest BCUT2D eigenvalue weighted by molar-refractivity contribution is -0.384. The second-order valence-electron chi connectivity index (χ2n) is 12.5. The van der Waals surface area contributed by atoms with Gasteiger partial charge in [-0.15, -0.1) is 0 Å². The first-order valence-electron chi connectivity index (χ1n) is 14.1. The van der Waals surface area contributed by atoms with E-state index in [2.05, 4.69) is 17.1 Å². The first-order chi connectivity index (χ1) is 19.1. The van der Waals surface area contributed by atoms with Crippen molar-refractivity contribution in [2.24, 2.45) is 0 Å². The van der Waals surface area contributed by atoms with Crippen LogP contribution in [-0.4, -0.2) is 54.3 Å². The molecule has 224 valence electrons. The lowest BCUT2D eigenvalue weighted by Gasteiger charge is -2.28. The Balaban J connectivity index is 0.000000260. The summed E-state index contributed by atoms with van der Waals surface area (Å²) in [6, 6.07) is 8.10. The van der Waals surface area contributed by atoms with Crippen molar-refractivity contribution in [1.82, 2.24) is 5.32 Å². The highest BCUT2D eigenvalue weighted by molar-refractivity contribution is 5.86. The third-order valence-electron chi connectivity index (χ3n) is 7.10. The zero-order valence-electron chi connectivity index (χ0n) is 25.2. The van der Waals surface area contributed by atoms with E-state index in [0.29, 0.717) is 18.8 Å². The monoisotopic (exact) mass is 569 g/mol. The summed E-state index contributed by atoms with van der Waals surface area (Å²) in [7, 11) is 0. The summed E-state index contributed by atoms with van der Waals surface area (Å²) in [4.78, 5) is 36.0. The number of fused-ring (bicyclic) bond motifs is 1. The number of phenolic OH excluding ortho intramolecular Hbond substituents is 1. The number of ether oxygens (including phenoxy) is 2. The van der Waals surface area contributed by atoms with Crippen LogP contribution >= 0.6 is 0 Å². The molecule has 2 aromatic carbocycles. The minimum Gasteiger partial charge on any atom is -0.507 e. The maximum Gasteiger partial charge on any atom is 0.328 e. The summed E-state index contributed by atoms with van der Waals surface area (Å²) < 4.78 is 10.5. The van der Waals surface area contributed by atoms with Crippen LogP contribution in [0.5, 0.6) is 11.5 Å². The number of amides is 1. The van der Waals surface area contributed by atoms with Crippen molar-refractivity contribution in [3.8, 4) is 11.5 Å². The molecule has 2 aromatic rings. The van der Waals surface area contributed by atoms with Gasteiger partial charge in [0, 0.05) is 48.5 Å². The van der Waals surface area contributed by atoms with Crippen molar-refractivity contribution < 1.29 is 29.1 Å². The number of rotatable bonds is 7. The maximum absolute atomic E-state index is 12.1. The van der Waals surface area contributed by atoms with Gasteiger partial charge >= 0.3 is 5.97 Å². The lowest BCUT2D eigenvalue weighted by atomic mass is 9.79. The van der Waals surface area contributed by atoms with Crippen molar-refractivity contribution >= 4 is 23.3 Å². The van der Waals surface area contributed by atoms with Crippen molar-refractivity contribution in [2.75, 3.05) is 31.2 Å². The quantitative estimate of drug-likeness (QED) is 0.265. The van der Waals surface area contributed by atoms with E-state index in [1.807, 2.05) is 47.6 Å². The van der Waals surface area contributed by atoms with Crippen molar-refractivity contribution in [3.05, 3.63) is 57.1 Å². The van der Waals surface area contributed by atoms with Gasteiger partial charge in [-0.05, 0) is 47.4 Å². The van der Waals surface area contributed by atoms with Crippen LogP contribution < -0.4 is 15.0 Å². The Labute approximate surface area is 242 Å². The zero-order chi connectivity index (χ0) is 30.5. The fraction of sp³-hybridized carbons (Fsp3) is 0.548. The predicted octanol–water partition coefficient (Wildman–Crippen LogP) is 5.17. The van der Waals surface area contributed by atoms with E-state index in [9.17, 15) is 24.8 Å². The van der Waals surface area contributed by atoms with E-state index in [1.165, 1.54) is 5.69 Å². The third kappa shape index (κ3) is 8.11. The van der Waals surface area contributed by atoms with Gasteiger partial charge in [-0.1, -0.05) is 48.5 Å². The number of non-ortho nitro benzene ring substituents is 1. The van der Waals surface area contributed by atoms with Gasteiger partial charge < -0.3 is 24.8 Å². The third-order valence-corrected chi connectivity index (χ3v) is 7.10. The minimum atomic E-state index is -0.596. The molecule has 0 saturated carbocycles. The van der Waals surface area contributed by atoms with Gasteiger partial charge in [-0.3, -0.25) is 14.9 Å². The average Bonchev–Trinajstić information content (AvgIpc) is 3.47. The van der Waals surface area contributed by atoms with Gasteiger partial charge in [0.05, 0.1) is 11.5 Å². The summed E-state index contributed by atoms with van der Waals surface area (Å²) in [5, 5.41) is 23.9. The number of carbonyl (C=O) groups is 2. The van der Waals surface area contributed by atoms with Gasteiger partial charge in [0.2, 0.25) is 0 Å². The molecule has 1 fully saturated rings. The molecule has 4 rings (SSSR count). The first kappa shape index (κ1) is 31.7. The van der Waals surface area contributed by atoms with Crippen LogP contribution in [0.25, 0.3) is 0 Å². The molecule has 2 N–H and O–H groups in total. The number of nitrogens with one attached hydrogen (secondary N) is 1. The van der Waals surface area contributed by atoms with Crippen LogP contribution in [0.4, 0.5) is 11.4 Å². The molecule has 1 saturated heterocycles. The highest BCUT2D eigenvalue weighted by atomic mass is 16.6. The second-order valence-corrected chi connectivity index (χ2v) is 12.5. The van der Waals surface area contributed by atoms with Crippen LogP contribution in [0, 0.1) is 10.1 Å². The van der Waals surface area contributed by atoms with Crippen molar-refractivity contribution in [1.29, 1.82) is 0 Å². The second kappa shape index (κ2) is 12.8. The number of carbonyl (C=O) groups excluding carboxylic acids is 2. The topological polar surface area (TPSA) is 131 Å². The Morgan fingerprint density at radius 3 is 2.29 bits per heavy atom. The number of nitro benzene ring substituents is 1. The Kier molecular flexibility index (Phi) is 9.89. The van der Waals surface area contributed by atoms with E-state index in [0.717, 1.165) is 42.6 Å². The molecule has 0 spiro atoms. The molecule has 1 atom stereocenters. The fourth-order valence-electron chi connectivity index (χ4n) is 4.92. The Morgan fingerprint density at radius 2 is 1.78 bits per heavy atom. The fourth-order valence-corrected chi connectivity index (χ4v) is 4.92. The van der Waals surface area contributed by atoms with Crippen LogP contribution in [0.15, 0.2) is 30.3 Å². The zero-order valence-corrected chi connectivity index (χ0v) is 25.2. The molecule has 0 aliphatic carbocycles. The molecule has 10 heteroatoms. The van der Waals surface area contributed by atoms with Crippen molar-refractivity contribution in [3.63, 3.8) is 0 Å². The van der Waals surface area contributed by atoms with E-state index in [-0.39, 0.29) is 39.7 Å². The number of hydrogen-bond donors (Lipinski definition) is 2. The minimum absolute atomic E-state index is 0.201. The van der Waals surface area contributed by atoms with E-state index in [1.54, 1.807) is 24.3 Å². The molecule has 0 unspecified atom stereocenters. The average molecular weight is 570 g/mol. The summed E-state index contributed by atoms with van der Waals surface area (Å²) in [5.74, 6) is -0.0122. The molecular formula is C31H43N3O7. The molecule has 0 bridgehead atoms. The summed E-state index contributed by atoms with van der Waals surface area (Å²) in [6.45, 7) is 16.3. The summed E-state index contributed by atoms with van der Waals surface area (Å²) in [6.07, 6.45) is 2.51. The highest BCUT2D eigenvalue weighted by Gasteiger charge is 2.29. The molecule has 2 aliphatic heterocycles. The molecule has 2 heterocycles. The summed E-state index contributed by atoms with van der Waals surface area (Å²) in [5.41, 5.74) is 3.45. The van der Waals surface area contributed by atoms with Gasteiger partial charge in [0.25, 0.3) is 11.6 Å².